The minimum atomic E-state index is 1.21. The summed E-state index contributed by atoms with van der Waals surface area (Å²) in [6, 6.07) is 2.39. The Labute approximate surface area is 79.1 Å². The smallest absolute Gasteiger partial charge is 0.0408 e. The number of aromatic nitrogens is 1. The summed E-state index contributed by atoms with van der Waals surface area (Å²) in [5, 5.41) is 0. The summed E-state index contributed by atoms with van der Waals surface area (Å²) in [4.78, 5) is 0. The van der Waals surface area contributed by atoms with Gasteiger partial charge in [-0.15, -0.1) is 0 Å². The minimum Gasteiger partial charge on any atom is -0.345 e. The van der Waals surface area contributed by atoms with Gasteiger partial charge >= 0.3 is 0 Å². The second kappa shape index (κ2) is 2.76. The Morgan fingerprint density at radius 3 is 3.08 bits per heavy atom. The van der Waals surface area contributed by atoms with Crippen LogP contribution in [0.4, 0.5) is 0 Å². The van der Waals surface area contributed by atoms with Crippen molar-refractivity contribution in [2.24, 2.45) is 0 Å². The number of hydrogen-bond acceptors (Lipinski definition) is 0. The molecule has 0 aromatic carbocycles. The second-order valence-electron chi connectivity index (χ2n) is 4.09. The van der Waals surface area contributed by atoms with Crippen LogP contribution in [0.15, 0.2) is 12.1 Å². The lowest BCUT2D eigenvalue weighted by atomic mass is 9.98. The molecule has 0 spiro atoms. The first-order valence-electron chi connectivity index (χ1n) is 5.33. The predicted molar refractivity (Wildman–Crippen MR) is 54.7 cm³/mol. The average molecular weight is 173 g/mol. The molecule has 0 bridgehead atoms. The van der Waals surface area contributed by atoms with E-state index >= 15 is 0 Å². The van der Waals surface area contributed by atoms with Crippen LogP contribution in [0.3, 0.4) is 0 Å². The molecule has 0 radical (unpaired) electrons. The fourth-order valence-corrected chi connectivity index (χ4v) is 2.60. The molecule has 2 heterocycles. The first-order valence-corrected chi connectivity index (χ1v) is 5.33. The van der Waals surface area contributed by atoms with Gasteiger partial charge in [-0.25, -0.2) is 0 Å². The van der Waals surface area contributed by atoms with Gasteiger partial charge in [0.05, 0.1) is 0 Å². The number of aryl methyl sites for hydroxylation is 1. The largest absolute Gasteiger partial charge is 0.345 e. The van der Waals surface area contributed by atoms with Crippen LogP contribution in [-0.4, -0.2) is 4.57 Å². The molecule has 2 aliphatic rings. The van der Waals surface area contributed by atoms with E-state index in [0.29, 0.717) is 0 Å². The van der Waals surface area contributed by atoms with Gasteiger partial charge in [0.25, 0.3) is 0 Å². The molecule has 0 unspecified atom stereocenters. The van der Waals surface area contributed by atoms with Gasteiger partial charge in [-0.1, -0.05) is 6.08 Å². The van der Waals surface area contributed by atoms with E-state index in [1.54, 1.807) is 11.3 Å². The molecule has 0 N–H and O–H groups in total. The molecule has 0 amide bonds. The van der Waals surface area contributed by atoms with Crippen molar-refractivity contribution in [2.45, 2.75) is 38.6 Å². The molecule has 1 aromatic heterocycles. The van der Waals surface area contributed by atoms with Crippen molar-refractivity contribution in [2.75, 3.05) is 0 Å². The van der Waals surface area contributed by atoms with E-state index in [1.165, 1.54) is 44.3 Å². The molecule has 0 atom stereocenters. The number of allylic oxidation sites excluding steroid dienone is 1. The van der Waals surface area contributed by atoms with Crippen molar-refractivity contribution in [1.82, 2.24) is 4.57 Å². The van der Waals surface area contributed by atoms with E-state index in [0.717, 1.165) is 0 Å². The zero-order valence-corrected chi connectivity index (χ0v) is 7.92. The Morgan fingerprint density at radius 2 is 2.08 bits per heavy atom. The lowest BCUT2D eigenvalue weighted by molar-refractivity contribution is 0.601. The van der Waals surface area contributed by atoms with Gasteiger partial charge in [0.15, 0.2) is 0 Å². The zero-order chi connectivity index (χ0) is 8.67. The maximum atomic E-state index is 2.52. The summed E-state index contributed by atoms with van der Waals surface area (Å²) in [5.74, 6) is 0. The van der Waals surface area contributed by atoms with Crippen LogP contribution in [0.5, 0.6) is 0 Å². The Hall–Kier alpha value is -0.980. The van der Waals surface area contributed by atoms with Crippen molar-refractivity contribution < 1.29 is 0 Å². The monoisotopic (exact) mass is 173 g/mol. The average Bonchev–Trinajstić information content (AvgIpc) is 2.56. The standard InChI is InChI=1S/C12H15N/c1-2-7-12-10(5-1)9-11-6-3-4-8-13(11)12/h3,6,9H,1-2,4-5,7-8H2. The summed E-state index contributed by atoms with van der Waals surface area (Å²) >= 11 is 0. The molecule has 1 aliphatic carbocycles. The van der Waals surface area contributed by atoms with E-state index < -0.39 is 0 Å². The van der Waals surface area contributed by atoms with Crippen LogP contribution < -0.4 is 0 Å². The molecule has 1 heteroatoms. The van der Waals surface area contributed by atoms with Gasteiger partial charge in [0, 0.05) is 17.9 Å². The van der Waals surface area contributed by atoms with Gasteiger partial charge in [-0.05, 0) is 49.8 Å². The second-order valence-corrected chi connectivity index (χ2v) is 4.09. The highest BCUT2D eigenvalue weighted by molar-refractivity contribution is 5.51. The Balaban J connectivity index is 2.15. The molecular formula is C12H15N. The maximum absolute atomic E-state index is 2.52. The number of hydrogen-bond donors (Lipinski definition) is 0. The molecule has 0 fully saturated rings. The first kappa shape index (κ1) is 7.43. The van der Waals surface area contributed by atoms with Gasteiger partial charge in [0.1, 0.15) is 0 Å². The van der Waals surface area contributed by atoms with Gasteiger partial charge in [-0.2, -0.15) is 0 Å². The van der Waals surface area contributed by atoms with E-state index in [4.69, 9.17) is 0 Å². The predicted octanol–water partition coefficient (Wildman–Crippen LogP) is 2.78. The first-order chi connectivity index (χ1) is 6.45. The molecule has 1 nitrogen and oxygen atoms in total. The van der Waals surface area contributed by atoms with Crippen LogP contribution in [-0.2, 0) is 19.4 Å². The fraction of sp³-hybridized carbons (Fsp3) is 0.500. The number of rotatable bonds is 0. The van der Waals surface area contributed by atoms with Crippen LogP contribution in [0.2, 0.25) is 0 Å². The molecule has 13 heavy (non-hydrogen) atoms. The van der Waals surface area contributed by atoms with Crippen molar-refractivity contribution >= 4 is 6.08 Å². The maximum Gasteiger partial charge on any atom is 0.0408 e. The Kier molecular flexibility index (Phi) is 1.58. The zero-order valence-electron chi connectivity index (χ0n) is 7.92. The molecular weight excluding hydrogens is 158 g/mol. The van der Waals surface area contributed by atoms with Crippen LogP contribution >= 0.6 is 0 Å². The lowest BCUT2D eigenvalue weighted by Crippen LogP contribution is -2.10. The normalized spacial score (nSPS) is 19.7. The highest BCUT2D eigenvalue weighted by Gasteiger charge is 2.17. The number of fused-ring (bicyclic) bond motifs is 3. The highest BCUT2D eigenvalue weighted by atomic mass is 15.0. The summed E-state index contributed by atoms with van der Waals surface area (Å²) < 4.78 is 2.52. The minimum absolute atomic E-state index is 1.21. The highest BCUT2D eigenvalue weighted by Crippen LogP contribution is 2.27. The van der Waals surface area contributed by atoms with E-state index in [2.05, 4.69) is 22.8 Å². The third kappa shape index (κ3) is 1.06. The van der Waals surface area contributed by atoms with E-state index in [9.17, 15) is 0 Å². The van der Waals surface area contributed by atoms with Crippen molar-refractivity contribution in [1.29, 1.82) is 0 Å². The molecule has 3 rings (SSSR count). The molecule has 0 saturated carbocycles. The SMILES string of the molecule is C1=Cc2cc3c(n2CC1)CCCC3. The van der Waals surface area contributed by atoms with Gasteiger partial charge in [-0.3, -0.25) is 0 Å². The summed E-state index contributed by atoms with van der Waals surface area (Å²) in [6.07, 6.45) is 11.2. The van der Waals surface area contributed by atoms with Crippen molar-refractivity contribution in [3.8, 4) is 0 Å². The Morgan fingerprint density at radius 1 is 1.15 bits per heavy atom. The topological polar surface area (TPSA) is 4.93 Å². The number of nitrogens with zero attached hydrogens (tertiary/aromatic N) is 1. The summed E-state index contributed by atoms with van der Waals surface area (Å²) in [5.41, 5.74) is 4.69. The van der Waals surface area contributed by atoms with Crippen LogP contribution in [0, 0.1) is 0 Å². The fourth-order valence-electron chi connectivity index (χ4n) is 2.60. The summed E-state index contributed by atoms with van der Waals surface area (Å²) in [6.45, 7) is 1.21. The van der Waals surface area contributed by atoms with E-state index in [-0.39, 0.29) is 0 Å². The molecule has 0 saturated heterocycles. The third-order valence-electron chi connectivity index (χ3n) is 3.25. The van der Waals surface area contributed by atoms with Crippen molar-refractivity contribution in [3.63, 3.8) is 0 Å². The van der Waals surface area contributed by atoms with E-state index in [1.807, 2.05) is 0 Å². The van der Waals surface area contributed by atoms with Crippen LogP contribution in [0.1, 0.15) is 36.2 Å². The quantitative estimate of drug-likeness (QED) is 0.568. The third-order valence-corrected chi connectivity index (χ3v) is 3.25. The van der Waals surface area contributed by atoms with Crippen LogP contribution in [0.25, 0.3) is 6.08 Å². The molecule has 68 valence electrons. The van der Waals surface area contributed by atoms with Gasteiger partial charge in [0.2, 0.25) is 0 Å². The summed E-state index contributed by atoms with van der Waals surface area (Å²) in [7, 11) is 0. The molecule has 1 aliphatic heterocycles. The van der Waals surface area contributed by atoms with Crippen molar-refractivity contribution in [3.05, 3.63) is 29.1 Å². The molecule has 1 aromatic rings. The van der Waals surface area contributed by atoms with Gasteiger partial charge < -0.3 is 4.57 Å². The lowest BCUT2D eigenvalue weighted by Gasteiger charge is -2.17. The Bertz CT molecular complexity index is 357.